The van der Waals surface area contributed by atoms with E-state index in [1.807, 2.05) is 19.1 Å². The van der Waals surface area contributed by atoms with Crippen molar-refractivity contribution in [2.24, 2.45) is 5.92 Å². The number of aryl methyl sites for hydroxylation is 1. The Morgan fingerprint density at radius 3 is 2.76 bits per heavy atom. The lowest BCUT2D eigenvalue weighted by Crippen LogP contribution is -2.21. The molecule has 0 aromatic heterocycles. The van der Waals surface area contributed by atoms with Crippen LogP contribution >= 0.6 is 0 Å². The highest BCUT2D eigenvalue weighted by Gasteiger charge is 2.15. The van der Waals surface area contributed by atoms with Crippen molar-refractivity contribution < 1.29 is 14.3 Å². The molecule has 0 fully saturated rings. The zero-order valence-corrected chi connectivity index (χ0v) is 10.5. The molecule has 1 atom stereocenters. The molecule has 0 spiro atoms. The van der Waals surface area contributed by atoms with Gasteiger partial charge < -0.3 is 15.2 Å². The summed E-state index contributed by atoms with van der Waals surface area (Å²) in [4.78, 5) is 11.4. The summed E-state index contributed by atoms with van der Waals surface area (Å²) in [5, 5.41) is 0. The molecule has 0 bridgehead atoms. The van der Waals surface area contributed by atoms with Crippen LogP contribution < -0.4 is 10.5 Å². The van der Waals surface area contributed by atoms with Crippen molar-refractivity contribution in [2.75, 3.05) is 18.9 Å². The summed E-state index contributed by atoms with van der Waals surface area (Å²) in [7, 11) is 0. The van der Waals surface area contributed by atoms with Crippen molar-refractivity contribution >= 4 is 11.7 Å². The van der Waals surface area contributed by atoms with E-state index in [4.69, 9.17) is 15.2 Å². The molecule has 1 rings (SSSR count). The van der Waals surface area contributed by atoms with Gasteiger partial charge in [0.1, 0.15) is 12.4 Å². The molecule has 2 N–H and O–H groups in total. The van der Waals surface area contributed by atoms with Crippen LogP contribution in [0.2, 0.25) is 0 Å². The van der Waals surface area contributed by atoms with E-state index in [1.54, 1.807) is 19.9 Å². The zero-order valence-electron chi connectivity index (χ0n) is 10.5. The molecule has 0 amide bonds. The van der Waals surface area contributed by atoms with Crippen molar-refractivity contribution in [1.82, 2.24) is 0 Å². The normalized spacial score (nSPS) is 11.9. The van der Waals surface area contributed by atoms with Crippen LogP contribution in [-0.4, -0.2) is 19.2 Å². The van der Waals surface area contributed by atoms with Gasteiger partial charge in [-0.05, 0) is 44.5 Å². The molecule has 1 unspecified atom stereocenters. The molecular formula is C13H19NO3. The molecule has 1 aromatic rings. The molecule has 0 aliphatic heterocycles. The Balaban J connectivity index is 2.52. The van der Waals surface area contributed by atoms with Crippen LogP contribution in [0, 0.1) is 12.8 Å². The van der Waals surface area contributed by atoms with Gasteiger partial charge in [0.05, 0.1) is 12.5 Å². The van der Waals surface area contributed by atoms with E-state index in [-0.39, 0.29) is 11.9 Å². The maximum absolute atomic E-state index is 11.4. The summed E-state index contributed by atoms with van der Waals surface area (Å²) in [6, 6.07) is 5.42. The molecule has 94 valence electrons. The maximum Gasteiger partial charge on any atom is 0.312 e. The minimum Gasteiger partial charge on any atom is -0.492 e. The fraction of sp³-hybridized carbons (Fsp3) is 0.462. The minimum absolute atomic E-state index is 0.236. The van der Waals surface area contributed by atoms with Crippen LogP contribution in [-0.2, 0) is 9.53 Å². The molecule has 0 radical (unpaired) electrons. The van der Waals surface area contributed by atoms with E-state index in [2.05, 4.69) is 0 Å². The van der Waals surface area contributed by atoms with Crippen molar-refractivity contribution in [3.63, 3.8) is 0 Å². The van der Waals surface area contributed by atoms with Gasteiger partial charge in [-0.1, -0.05) is 0 Å². The quantitative estimate of drug-likeness (QED) is 0.629. The van der Waals surface area contributed by atoms with Gasteiger partial charge in [0.15, 0.2) is 0 Å². The summed E-state index contributed by atoms with van der Waals surface area (Å²) < 4.78 is 10.5. The van der Waals surface area contributed by atoms with Crippen molar-refractivity contribution in [3.05, 3.63) is 23.8 Å². The number of anilines is 1. The number of carbonyl (C=O) groups excluding carboxylic acids is 1. The van der Waals surface area contributed by atoms with Gasteiger partial charge in [-0.25, -0.2) is 0 Å². The molecule has 0 aliphatic carbocycles. The fourth-order valence-electron chi connectivity index (χ4n) is 1.40. The summed E-state index contributed by atoms with van der Waals surface area (Å²) >= 11 is 0. The summed E-state index contributed by atoms with van der Waals surface area (Å²) in [5.41, 5.74) is 7.30. The highest BCUT2D eigenvalue weighted by atomic mass is 16.5. The van der Waals surface area contributed by atoms with E-state index >= 15 is 0 Å². The lowest BCUT2D eigenvalue weighted by atomic mass is 10.2. The summed E-state index contributed by atoms with van der Waals surface area (Å²) in [5.74, 6) is 0.239. The number of esters is 1. The number of nitrogen functional groups attached to an aromatic ring is 1. The van der Waals surface area contributed by atoms with Gasteiger partial charge in [0.2, 0.25) is 0 Å². The largest absolute Gasteiger partial charge is 0.492 e. The fourth-order valence-corrected chi connectivity index (χ4v) is 1.40. The third kappa shape index (κ3) is 3.98. The molecule has 4 nitrogen and oxygen atoms in total. The number of rotatable bonds is 5. The van der Waals surface area contributed by atoms with Crippen molar-refractivity contribution in [3.8, 4) is 5.75 Å². The Morgan fingerprint density at radius 2 is 2.18 bits per heavy atom. The average molecular weight is 237 g/mol. The Labute approximate surface area is 102 Å². The maximum atomic E-state index is 11.4. The highest BCUT2D eigenvalue weighted by molar-refractivity contribution is 5.72. The van der Waals surface area contributed by atoms with E-state index in [0.717, 1.165) is 11.3 Å². The van der Waals surface area contributed by atoms with E-state index in [1.165, 1.54) is 0 Å². The van der Waals surface area contributed by atoms with Gasteiger partial charge in [0.25, 0.3) is 0 Å². The standard InChI is InChI=1S/C13H19NO3/c1-4-16-13(15)10(3)8-17-12-6-5-11(14)7-9(12)2/h5-7,10H,4,8,14H2,1-3H3. The first-order chi connectivity index (χ1) is 8.04. The van der Waals surface area contributed by atoms with Crippen LogP contribution in [0.25, 0.3) is 0 Å². The van der Waals surface area contributed by atoms with Gasteiger partial charge in [-0.2, -0.15) is 0 Å². The second-order valence-electron chi connectivity index (χ2n) is 3.99. The topological polar surface area (TPSA) is 61.5 Å². The predicted octanol–water partition coefficient (Wildman–Crippen LogP) is 2.16. The number of ether oxygens (including phenoxy) is 2. The first kappa shape index (κ1) is 13.4. The molecule has 0 aliphatic rings. The van der Waals surface area contributed by atoms with Gasteiger partial charge >= 0.3 is 5.97 Å². The van der Waals surface area contributed by atoms with Crippen LogP contribution in [0.15, 0.2) is 18.2 Å². The second kappa shape index (κ2) is 6.13. The SMILES string of the molecule is CCOC(=O)C(C)COc1ccc(N)cc1C. The predicted molar refractivity (Wildman–Crippen MR) is 66.9 cm³/mol. The molecule has 0 saturated carbocycles. The first-order valence-electron chi connectivity index (χ1n) is 5.70. The van der Waals surface area contributed by atoms with Gasteiger partial charge in [-0.3, -0.25) is 4.79 Å². The van der Waals surface area contributed by atoms with Gasteiger partial charge in [-0.15, -0.1) is 0 Å². The lowest BCUT2D eigenvalue weighted by Gasteiger charge is -2.13. The van der Waals surface area contributed by atoms with Crippen LogP contribution in [0.4, 0.5) is 5.69 Å². The lowest BCUT2D eigenvalue weighted by molar-refractivity contribution is -0.148. The summed E-state index contributed by atoms with van der Waals surface area (Å²) in [6.45, 7) is 6.19. The van der Waals surface area contributed by atoms with Crippen LogP contribution in [0.1, 0.15) is 19.4 Å². The Kier molecular flexibility index (Phi) is 4.82. The van der Waals surface area contributed by atoms with Crippen molar-refractivity contribution in [1.29, 1.82) is 0 Å². The monoisotopic (exact) mass is 237 g/mol. The van der Waals surface area contributed by atoms with E-state index in [9.17, 15) is 4.79 Å². The van der Waals surface area contributed by atoms with Crippen LogP contribution in [0.3, 0.4) is 0 Å². The third-order valence-electron chi connectivity index (χ3n) is 2.38. The number of hydrogen-bond donors (Lipinski definition) is 1. The van der Waals surface area contributed by atoms with Crippen molar-refractivity contribution in [2.45, 2.75) is 20.8 Å². The number of nitrogens with two attached hydrogens (primary N) is 1. The number of carbonyl (C=O) groups is 1. The molecule has 4 heteroatoms. The summed E-state index contributed by atoms with van der Waals surface area (Å²) in [6.07, 6.45) is 0. The van der Waals surface area contributed by atoms with Gasteiger partial charge in [0, 0.05) is 5.69 Å². The first-order valence-corrected chi connectivity index (χ1v) is 5.70. The molecular weight excluding hydrogens is 218 g/mol. The zero-order chi connectivity index (χ0) is 12.8. The van der Waals surface area contributed by atoms with Crippen LogP contribution in [0.5, 0.6) is 5.75 Å². The smallest absolute Gasteiger partial charge is 0.312 e. The van der Waals surface area contributed by atoms with E-state index < -0.39 is 0 Å². The molecule has 0 saturated heterocycles. The highest BCUT2D eigenvalue weighted by Crippen LogP contribution is 2.20. The average Bonchev–Trinajstić information content (AvgIpc) is 2.27. The van der Waals surface area contributed by atoms with E-state index in [0.29, 0.717) is 18.9 Å². The molecule has 17 heavy (non-hydrogen) atoms. The Hall–Kier alpha value is -1.71. The third-order valence-corrected chi connectivity index (χ3v) is 2.38. The second-order valence-corrected chi connectivity index (χ2v) is 3.99. The Morgan fingerprint density at radius 1 is 1.47 bits per heavy atom. The minimum atomic E-state index is -0.271. The number of hydrogen-bond acceptors (Lipinski definition) is 4. The Bertz CT molecular complexity index is 390. The number of benzene rings is 1. The molecule has 1 aromatic carbocycles. The molecule has 0 heterocycles.